The second kappa shape index (κ2) is 7.25. The summed E-state index contributed by atoms with van der Waals surface area (Å²) in [6.45, 7) is 1.63. The molecule has 7 heteroatoms. The van der Waals surface area contributed by atoms with E-state index < -0.39 is 5.82 Å². The Morgan fingerprint density at radius 3 is 2.96 bits per heavy atom. The zero-order chi connectivity index (χ0) is 17.1. The fourth-order valence-corrected chi connectivity index (χ4v) is 3.74. The summed E-state index contributed by atoms with van der Waals surface area (Å²) in [5.41, 5.74) is 0.141. The van der Waals surface area contributed by atoms with Crippen LogP contribution in [0.3, 0.4) is 0 Å². The van der Waals surface area contributed by atoms with Gasteiger partial charge in [0.2, 0.25) is 0 Å². The van der Waals surface area contributed by atoms with Crippen molar-refractivity contribution in [1.29, 1.82) is 0 Å². The predicted octanol–water partition coefficient (Wildman–Crippen LogP) is 2.68. The van der Waals surface area contributed by atoms with Crippen molar-refractivity contribution in [2.24, 2.45) is 7.05 Å². The van der Waals surface area contributed by atoms with Crippen molar-refractivity contribution in [3.63, 3.8) is 0 Å². The molecule has 5 nitrogen and oxygen atoms in total. The van der Waals surface area contributed by atoms with Crippen LogP contribution >= 0.6 is 11.8 Å². The highest BCUT2D eigenvalue weighted by Gasteiger charge is 2.25. The molecule has 2 heterocycles. The van der Waals surface area contributed by atoms with Gasteiger partial charge in [-0.2, -0.15) is 5.10 Å². The van der Waals surface area contributed by atoms with Gasteiger partial charge >= 0.3 is 0 Å². The Morgan fingerprint density at radius 2 is 2.25 bits per heavy atom. The lowest BCUT2D eigenvalue weighted by Crippen LogP contribution is -2.48. The zero-order valence-corrected chi connectivity index (χ0v) is 14.6. The summed E-state index contributed by atoms with van der Waals surface area (Å²) >= 11 is 1.38. The monoisotopic (exact) mass is 348 g/mol. The minimum Gasteiger partial charge on any atom is -0.355 e. The van der Waals surface area contributed by atoms with E-state index in [1.807, 2.05) is 24.1 Å². The zero-order valence-electron chi connectivity index (χ0n) is 13.8. The van der Waals surface area contributed by atoms with Crippen molar-refractivity contribution in [3.8, 4) is 0 Å². The summed E-state index contributed by atoms with van der Waals surface area (Å²) in [7, 11) is 1.90. The second-order valence-electron chi connectivity index (χ2n) is 5.89. The summed E-state index contributed by atoms with van der Waals surface area (Å²) in [5, 5.41) is 7.19. The van der Waals surface area contributed by atoms with Crippen LogP contribution in [0.15, 0.2) is 35.4 Å². The number of piperidine rings is 1. The van der Waals surface area contributed by atoms with Crippen LogP contribution in [0.1, 0.15) is 23.2 Å². The van der Waals surface area contributed by atoms with Gasteiger partial charge in [-0.3, -0.25) is 9.48 Å². The van der Waals surface area contributed by atoms with Crippen LogP contribution in [-0.2, 0) is 7.05 Å². The van der Waals surface area contributed by atoms with E-state index in [2.05, 4.69) is 15.3 Å². The maximum Gasteiger partial charge on any atom is 0.255 e. The Balaban J connectivity index is 1.72. The van der Waals surface area contributed by atoms with Gasteiger partial charge in [-0.15, -0.1) is 11.8 Å². The van der Waals surface area contributed by atoms with Crippen molar-refractivity contribution in [1.82, 2.24) is 15.1 Å². The van der Waals surface area contributed by atoms with Crippen LogP contribution in [0.2, 0.25) is 0 Å². The van der Waals surface area contributed by atoms with E-state index in [-0.39, 0.29) is 17.5 Å². The number of amides is 1. The third-order valence-corrected chi connectivity index (χ3v) is 5.08. The first-order valence-corrected chi connectivity index (χ1v) is 9.19. The number of benzene rings is 1. The molecule has 1 aliphatic rings. The Morgan fingerprint density at radius 1 is 1.42 bits per heavy atom. The van der Waals surface area contributed by atoms with E-state index in [4.69, 9.17) is 0 Å². The Bertz CT molecular complexity index is 733. The highest BCUT2D eigenvalue weighted by Crippen LogP contribution is 2.24. The SMILES string of the molecule is CSc1cccc(F)c1C(=O)N[C@@H]1CCCN(c2ccnn2C)C1. The van der Waals surface area contributed by atoms with Gasteiger partial charge in [0.1, 0.15) is 11.6 Å². The van der Waals surface area contributed by atoms with E-state index in [1.165, 1.54) is 17.8 Å². The van der Waals surface area contributed by atoms with E-state index in [1.54, 1.807) is 18.3 Å². The highest BCUT2D eigenvalue weighted by atomic mass is 32.2. The Labute approximate surface area is 145 Å². The summed E-state index contributed by atoms with van der Waals surface area (Å²) in [4.78, 5) is 15.4. The summed E-state index contributed by atoms with van der Waals surface area (Å²) in [6, 6.07) is 6.69. The standard InChI is InChI=1S/C17H21FN4OS/c1-21-15(8-9-19-21)22-10-4-5-12(11-22)20-17(23)16-13(18)6-3-7-14(16)24-2/h3,6-9,12H,4-5,10-11H2,1-2H3,(H,20,23)/t12-/m1/s1. The molecule has 0 radical (unpaired) electrons. The molecular formula is C17H21FN4OS. The van der Waals surface area contributed by atoms with Gasteiger partial charge in [0, 0.05) is 37.1 Å². The van der Waals surface area contributed by atoms with Gasteiger partial charge < -0.3 is 10.2 Å². The first-order valence-electron chi connectivity index (χ1n) is 7.96. The molecule has 1 fully saturated rings. The van der Waals surface area contributed by atoms with Gasteiger partial charge in [-0.05, 0) is 31.2 Å². The third-order valence-electron chi connectivity index (χ3n) is 4.30. The fraction of sp³-hybridized carbons (Fsp3) is 0.412. The Hall–Kier alpha value is -2.02. The van der Waals surface area contributed by atoms with Gasteiger partial charge in [0.25, 0.3) is 5.91 Å². The molecule has 1 atom stereocenters. The molecule has 0 unspecified atom stereocenters. The molecular weight excluding hydrogens is 327 g/mol. The smallest absolute Gasteiger partial charge is 0.255 e. The maximum absolute atomic E-state index is 14.1. The summed E-state index contributed by atoms with van der Waals surface area (Å²) in [5.74, 6) is 0.220. The number of nitrogens with zero attached hydrogens (tertiary/aromatic N) is 3. The second-order valence-corrected chi connectivity index (χ2v) is 6.74. The van der Waals surface area contributed by atoms with Crippen LogP contribution in [-0.4, -0.2) is 41.1 Å². The average Bonchev–Trinajstić information content (AvgIpc) is 3.00. The van der Waals surface area contributed by atoms with Crippen molar-refractivity contribution in [2.45, 2.75) is 23.8 Å². The molecule has 24 heavy (non-hydrogen) atoms. The van der Waals surface area contributed by atoms with Gasteiger partial charge in [-0.25, -0.2) is 4.39 Å². The first-order chi connectivity index (χ1) is 11.6. The molecule has 0 spiro atoms. The summed E-state index contributed by atoms with van der Waals surface area (Å²) < 4.78 is 15.9. The van der Waals surface area contributed by atoms with Crippen LogP contribution in [0.25, 0.3) is 0 Å². The Kier molecular flexibility index (Phi) is 5.08. The van der Waals surface area contributed by atoms with Gasteiger partial charge in [0.15, 0.2) is 0 Å². The topological polar surface area (TPSA) is 50.2 Å². The first kappa shape index (κ1) is 16.8. The van der Waals surface area contributed by atoms with Crippen molar-refractivity contribution < 1.29 is 9.18 Å². The van der Waals surface area contributed by atoms with E-state index in [0.29, 0.717) is 11.4 Å². The highest BCUT2D eigenvalue weighted by molar-refractivity contribution is 7.98. The van der Waals surface area contributed by atoms with Crippen molar-refractivity contribution in [2.75, 3.05) is 24.2 Å². The number of aryl methyl sites for hydroxylation is 1. The number of thioether (sulfide) groups is 1. The van der Waals surface area contributed by atoms with Gasteiger partial charge in [-0.1, -0.05) is 6.07 Å². The molecule has 1 aromatic heterocycles. The minimum absolute atomic E-state index is 0.00420. The normalized spacial score (nSPS) is 17.8. The lowest BCUT2D eigenvalue weighted by Gasteiger charge is -2.34. The number of aromatic nitrogens is 2. The lowest BCUT2D eigenvalue weighted by atomic mass is 10.0. The molecule has 1 N–H and O–H groups in total. The molecule has 0 bridgehead atoms. The van der Waals surface area contributed by atoms with Gasteiger partial charge in [0.05, 0.1) is 11.8 Å². The fourth-order valence-electron chi connectivity index (χ4n) is 3.13. The number of hydrogen-bond donors (Lipinski definition) is 1. The van der Waals surface area contributed by atoms with Crippen molar-refractivity contribution in [3.05, 3.63) is 41.8 Å². The molecule has 3 rings (SSSR count). The quantitative estimate of drug-likeness (QED) is 0.863. The maximum atomic E-state index is 14.1. The predicted molar refractivity (Wildman–Crippen MR) is 94.1 cm³/mol. The number of carbonyl (C=O) groups excluding carboxylic acids is 1. The molecule has 0 aliphatic carbocycles. The number of rotatable bonds is 4. The third kappa shape index (κ3) is 3.40. The van der Waals surface area contributed by atoms with Crippen LogP contribution in [0, 0.1) is 5.82 Å². The number of nitrogens with one attached hydrogen (secondary N) is 1. The molecule has 1 aliphatic heterocycles. The number of carbonyl (C=O) groups is 1. The summed E-state index contributed by atoms with van der Waals surface area (Å²) in [6.07, 6.45) is 5.48. The lowest BCUT2D eigenvalue weighted by molar-refractivity contribution is 0.0926. The molecule has 1 aromatic carbocycles. The average molecular weight is 348 g/mol. The largest absolute Gasteiger partial charge is 0.355 e. The van der Waals surface area contributed by atoms with Crippen LogP contribution < -0.4 is 10.2 Å². The molecule has 0 saturated carbocycles. The van der Waals surface area contributed by atoms with Crippen LogP contribution in [0.5, 0.6) is 0 Å². The number of anilines is 1. The molecule has 2 aromatic rings. The van der Waals surface area contributed by atoms with E-state index in [9.17, 15) is 9.18 Å². The number of hydrogen-bond acceptors (Lipinski definition) is 4. The number of halogens is 1. The molecule has 1 amide bonds. The van der Waals surface area contributed by atoms with Crippen molar-refractivity contribution >= 4 is 23.5 Å². The van der Waals surface area contributed by atoms with Crippen LogP contribution in [0.4, 0.5) is 10.2 Å². The minimum atomic E-state index is -0.473. The molecule has 128 valence electrons. The van der Waals surface area contributed by atoms with E-state index >= 15 is 0 Å². The van der Waals surface area contributed by atoms with E-state index in [0.717, 1.165) is 25.2 Å². The molecule has 1 saturated heterocycles.